The molecule has 20 heteroatoms. The zero-order valence-electron chi connectivity index (χ0n) is 36.5. The number of aryl methyl sites for hydroxylation is 2. The molecular weight excluding hydrogens is 817 g/mol. The Bertz CT molecular complexity index is 2470. The first-order valence-corrected chi connectivity index (χ1v) is 22.1. The summed E-state index contributed by atoms with van der Waals surface area (Å²) >= 11 is 3.09. The number of ether oxygens (including phenoxy) is 1. The number of nitrogens with one attached hydrogen (secondary N) is 1. The Morgan fingerprint density at radius 3 is 1.59 bits per heavy atom. The lowest BCUT2D eigenvalue weighted by atomic mass is 9.91. The number of hydrogen-bond acceptors (Lipinski definition) is 17. The molecule has 328 valence electrons. The second-order valence-corrected chi connectivity index (χ2v) is 19.2. The summed E-state index contributed by atoms with van der Waals surface area (Å²) < 4.78 is 9.03. The second-order valence-electron chi connectivity index (χ2n) is 17.4. The molecule has 0 spiro atoms. The monoisotopic (exact) mass is 874 g/mol. The van der Waals surface area contributed by atoms with E-state index in [2.05, 4.69) is 47.2 Å². The number of carbonyl (C=O) groups is 1. The van der Waals surface area contributed by atoms with Crippen LogP contribution in [0.1, 0.15) is 57.8 Å². The number of rotatable bonds is 9. The lowest BCUT2D eigenvalue weighted by Crippen LogP contribution is -2.51. The number of pyridine rings is 2. The van der Waals surface area contributed by atoms with Crippen molar-refractivity contribution in [2.24, 2.45) is 5.73 Å². The molecule has 0 unspecified atom stereocenters. The predicted molar refractivity (Wildman–Crippen MR) is 242 cm³/mol. The maximum atomic E-state index is 12.0. The van der Waals surface area contributed by atoms with Gasteiger partial charge in [-0.3, -0.25) is 0 Å². The van der Waals surface area contributed by atoms with Gasteiger partial charge < -0.3 is 45.6 Å². The largest absolute Gasteiger partial charge is 0.444 e. The molecule has 61 heavy (non-hydrogen) atoms. The van der Waals surface area contributed by atoms with Gasteiger partial charge in [-0.25, -0.2) is 33.8 Å². The molecule has 1 amide bonds. The van der Waals surface area contributed by atoms with Gasteiger partial charge in [0.25, 0.3) is 0 Å². The van der Waals surface area contributed by atoms with E-state index in [1.807, 2.05) is 106 Å². The van der Waals surface area contributed by atoms with Crippen molar-refractivity contribution in [3.63, 3.8) is 0 Å². The number of aromatic nitrogens is 8. The van der Waals surface area contributed by atoms with E-state index in [1.54, 1.807) is 11.3 Å². The van der Waals surface area contributed by atoms with Gasteiger partial charge in [-0.1, -0.05) is 22.7 Å². The number of aliphatic hydroxyl groups is 2. The fourth-order valence-electron chi connectivity index (χ4n) is 7.32. The lowest BCUT2D eigenvalue weighted by molar-refractivity contribution is 0.00798. The highest BCUT2D eigenvalue weighted by atomic mass is 32.1. The number of anilines is 4. The Morgan fingerprint density at radius 1 is 0.770 bits per heavy atom. The van der Waals surface area contributed by atoms with Crippen molar-refractivity contribution in [2.45, 2.75) is 77.1 Å². The molecule has 2 aliphatic rings. The number of alkyl carbamates (subject to hydrolysis) is 1. The fourth-order valence-corrected chi connectivity index (χ4v) is 9.17. The van der Waals surface area contributed by atoms with Crippen LogP contribution in [0.4, 0.5) is 26.7 Å². The van der Waals surface area contributed by atoms with Crippen molar-refractivity contribution >= 4 is 60.6 Å². The van der Waals surface area contributed by atoms with Gasteiger partial charge in [0.2, 0.25) is 20.2 Å². The minimum atomic E-state index is -0.968. The number of nitrogens with zero attached hydrogens (tertiary/aromatic N) is 12. The fraction of sp³-hybridized carbons (Fsp3) is 0.537. The van der Waals surface area contributed by atoms with E-state index in [-0.39, 0.29) is 6.54 Å². The van der Waals surface area contributed by atoms with E-state index in [0.717, 1.165) is 78.8 Å². The summed E-state index contributed by atoms with van der Waals surface area (Å²) in [6.45, 7) is 12.6. The first kappa shape index (κ1) is 43.9. The summed E-state index contributed by atoms with van der Waals surface area (Å²) in [6, 6.07) is 8.13. The van der Waals surface area contributed by atoms with E-state index >= 15 is 0 Å². The van der Waals surface area contributed by atoms with Crippen molar-refractivity contribution in [3.8, 4) is 22.5 Å². The van der Waals surface area contributed by atoms with E-state index < -0.39 is 22.9 Å². The Hall–Kier alpha value is -5.15. The van der Waals surface area contributed by atoms with E-state index in [9.17, 15) is 15.0 Å². The first-order valence-electron chi connectivity index (χ1n) is 20.5. The molecule has 8 rings (SSSR count). The highest BCUT2D eigenvalue weighted by Gasteiger charge is 2.35. The molecule has 5 N–H and O–H groups in total. The van der Waals surface area contributed by atoms with Crippen LogP contribution in [-0.2, 0) is 4.74 Å². The molecule has 0 aromatic carbocycles. The summed E-state index contributed by atoms with van der Waals surface area (Å²) in [5, 5.41) is 35.4. The Morgan fingerprint density at radius 2 is 1.20 bits per heavy atom. The summed E-state index contributed by atoms with van der Waals surface area (Å²) in [4.78, 5) is 40.4. The molecule has 0 bridgehead atoms. The van der Waals surface area contributed by atoms with E-state index in [1.165, 1.54) is 11.3 Å². The number of fused-ring (bicyclic) bond motifs is 2. The quantitative estimate of drug-likeness (QED) is 0.157. The van der Waals surface area contributed by atoms with Crippen molar-refractivity contribution in [2.75, 3.05) is 87.1 Å². The lowest BCUT2D eigenvalue weighted by Gasteiger charge is -2.38. The number of hydrogen-bond donors (Lipinski definition) is 4. The van der Waals surface area contributed by atoms with Gasteiger partial charge in [-0.15, -0.1) is 10.2 Å². The van der Waals surface area contributed by atoms with Crippen molar-refractivity contribution in [1.82, 2.24) is 44.5 Å². The first-order chi connectivity index (χ1) is 28.8. The molecule has 0 aliphatic carbocycles. The van der Waals surface area contributed by atoms with Gasteiger partial charge in [-0.2, -0.15) is 0 Å². The summed E-state index contributed by atoms with van der Waals surface area (Å²) in [7, 11) is 7.93. The summed E-state index contributed by atoms with van der Waals surface area (Å²) in [5.41, 5.74) is 9.14. The van der Waals surface area contributed by atoms with Crippen LogP contribution in [0.15, 0.2) is 36.7 Å². The standard InChI is InChI=1S/C23H33N7O3S.C18H25N7OS/c1-15-7-8-16(18(26-15)28(5)6)17-13-24-19-30(17)27-20(34-19)29-11-9-23(32,10-12-29)14-25-21(31)33-22(2,3)4;1-12-4-5-13(15(21-12)23(2)3)14-10-20-16-25(14)22-17(27-16)24-8-6-18(26,11-19)7-9-24/h7-8,13,32H,9-12,14H2,1-6H3,(H,25,31);4-5,10,26H,6-9,11,19H2,1-3H3. The summed E-state index contributed by atoms with van der Waals surface area (Å²) in [5.74, 6) is 1.77. The molecule has 6 aromatic rings. The molecule has 2 saturated heterocycles. The molecule has 0 atom stereocenters. The number of carbonyl (C=O) groups excluding carboxylic acids is 1. The number of amides is 1. The number of piperidine rings is 2. The minimum Gasteiger partial charge on any atom is -0.444 e. The highest BCUT2D eigenvalue weighted by molar-refractivity contribution is 7.20. The van der Waals surface area contributed by atoms with Crippen molar-refractivity contribution in [3.05, 3.63) is 48.0 Å². The van der Waals surface area contributed by atoms with Crippen LogP contribution in [0.5, 0.6) is 0 Å². The third kappa shape index (κ3) is 9.83. The highest BCUT2D eigenvalue weighted by Crippen LogP contribution is 2.36. The third-order valence-corrected chi connectivity index (χ3v) is 12.8. The normalized spacial score (nSPS) is 16.4. The van der Waals surface area contributed by atoms with Gasteiger partial charge in [-0.05, 0) is 84.6 Å². The molecule has 8 heterocycles. The molecule has 0 radical (unpaired) electrons. The maximum Gasteiger partial charge on any atom is 0.407 e. The van der Waals surface area contributed by atoms with E-state index in [0.29, 0.717) is 45.3 Å². The molecule has 2 fully saturated rings. The topological polar surface area (TPSA) is 204 Å². The van der Waals surface area contributed by atoms with Gasteiger partial charge in [0, 0.05) is 90.0 Å². The van der Waals surface area contributed by atoms with Crippen LogP contribution in [-0.4, -0.2) is 140 Å². The van der Waals surface area contributed by atoms with Crippen LogP contribution in [0.3, 0.4) is 0 Å². The Balaban J connectivity index is 0.000000189. The average molecular weight is 875 g/mol. The smallest absolute Gasteiger partial charge is 0.407 e. The minimum absolute atomic E-state index is 0.162. The molecule has 6 aromatic heterocycles. The third-order valence-electron chi connectivity index (χ3n) is 10.8. The van der Waals surface area contributed by atoms with E-state index in [4.69, 9.17) is 20.7 Å². The predicted octanol–water partition coefficient (Wildman–Crippen LogP) is 4.60. The van der Waals surface area contributed by atoms with Gasteiger partial charge in [0.05, 0.1) is 35.0 Å². The SMILES string of the molecule is Cc1ccc(-c2cnc3sc(N4CCC(O)(CN)CC4)nn23)c(N(C)C)n1.Cc1ccc(-c2cnc3sc(N4CCC(O)(CNC(=O)OC(C)(C)C)CC4)nn23)c(N(C)C)n1. The van der Waals surface area contributed by atoms with Crippen molar-refractivity contribution in [1.29, 1.82) is 0 Å². The molecular formula is C41H58N14O4S2. The van der Waals surface area contributed by atoms with Gasteiger partial charge >= 0.3 is 6.09 Å². The molecule has 0 saturated carbocycles. The molecule has 18 nitrogen and oxygen atoms in total. The second kappa shape index (κ2) is 17.3. The summed E-state index contributed by atoms with van der Waals surface area (Å²) in [6.07, 6.45) is 5.52. The van der Waals surface area contributed by atoms with Crippen molar-refractivity contribution < 1.29 is 19.7 Å². The number of nitrogens with two attached hydrogens (primary N) is 1. The zero-order valence-corrected chi connectivity index (χ0v) is 38.1. The van der Waals surface area contributed by atoms with Crippen LogP contribution in [0, 0.1) is 13.8 Å². The Kier molecular flexibility index (Phi) is 12.5. The van der Waals surface area contributed by atoms with Crippen LogP contribution >= 0.6 is 22.7 Å². The van der Waals surface area contributed by atoms with Crippen LogP contribution in [0.25, 0.3) is 32.4 Å². The van der Waals surface area contributed by atoms with Gasteiger partial charge in [0.15, 0.2) is 0 Å². The molecule has 2 aliphatic heterocycles. The van der Waals surface area contributed by atoms with Crippen LogP contribution in [0.2, 0.25) is 0 Å². The number of imidazole rings is 2. The zero-order chi connectivity index (χ0) is 43.9. The van der Waals surface area contributed by atoms with Gasteiger partial charge in [0.1, 0.15) is 17.2 Å². The average Bonchev–Trinajstić information content (AvgIpc) is 4.00. The maximum absolute atomic E-state index is 12.0. The Labute approximate surface area is 364 Å². The van der Waals surface area contributed by atoms with Crippen LogP contribution < -0.4 is 30.7 Å².